The smallest absolute Gasteiger partial charge is 0.317 e. The zero-order chi connectivity index (χ0) is 66.4. The van der Waals surface area contributed by atoms with Crippen LogP contribution in [0.2, 0.25) is 0 Å². The maximum atomic E-state index is 13.5. The average Bonchev–Trinajstić information content (AvgIpc) is 2.11. The number of nitrogens with one attached hydrogen (secondary N) is 3. The minimum atomic E-state index is -2.90. The number of pyridine rings is 1. The van der Waals surface area contributed by atoms with Crippen molar-refractivity contribution < 1.29 is 67.5 Å². The Balaban J connectivity index is -0.00000135. The number of hydrogen-bond acceptors (Lipinski definition) is 13. The number of carbonyl (C=O) groups excluding carboxylic acids is 4. The van der Waals surface area contributed by atoms with Gasteiger partial charge in [0, 0.05) is 43.9 Å². The number of benzene rings is 2. The summed E-state index contributed by atoms with van der Waals surface area (Å²) in [5.41, 5.74) is 1.77. The SMILES string of the molecule is CC.CCCC(=O)CC.CCCCC.CCCCCNC(=O)C(Cc1ccc(O)cc1)NCCCOc1ccc2nccc(C(=O)NCC(=O)N3CCC(F)(F)C3)c2c1.CCCN(CCC(C)CC)CC(=O)O.CCCN(CCC)CC(=O)O.O=CO. The van der Waals surface area contributed by atoms with Gasteiger partial charge in [-0.25, -0.2) is 8.78 Å². The van der Waals surface area contributed by atoms with Crippen molar-refractivity contribution in [2.24, 2.45) is 5.92 Å². The van der Waals surface area contributed by atoms with Crippen LogP contribution in [0.3, 0.4) is 0 Å². The minimum absolute atomic E-state index is 0.0403. The molecule has 7 N–H and O–H groups in total. The van der Waals surface area contributed by atoms with Crippen molar-refractivity contribution in [3.8, 4) is 11.5 Å². The van der Waals surface area contributed by atoms with E-state index in [0.717, 1.165) is 94.4 Å². The van der Waals surface area contributed by atoms with Gasteiger partial charge in [-0.05, 0) is 132 Å². The first-order valence-corrected chi connectivity index (χ1v) is 31.8. The van der Waals surface area contributed by atoms with Crippen LogP contribution in [0.4, 0.5) is 8.78 Å². The number of carboxylic acid groups (broad SMARTS) is 3. The molecule has 2 heterocycles. The number of amides is 3. The van der Waals surface area contributed by atoms with Crippen LogP contribution in [0, 0.1) is 5.92 Å². The number of rotatable bonds is 35. The number of ketones is 1. The Bertz CT molecular complexity index is 2270. The van der Waals surface area contributed by atoms with Gasteiger partial charge >= 0.3 is 11.9 Å². The van der Waals surface area contributed by atoms with Crippen LogP contribution in [-0.2, 0) is 35.2 Å². The number of halogens is 2. The van der Waals surface area contributed by atoms with Crippen molar-refractivity contribution in [2.75, 3.05) is 78.6 Å². The van der Waals surface area contributed by atoms with Gasteiger partial charge in [0.15, 0.2) is 0 Å². The van der Waals surface area contributed by atoms with E-state index in [1.54, 1.807) is 42.5 Å². The Morgan fingerprint density at radius 1 is 0.747 bits per heavy atom. The molecule has 3 aromatic rings. The number of likely N-dealkylation sites (tertiary alicyclic amines) is 1. The van der Waals surface area contributed by atoms with Gasteiger partial charge in [0.05, 0.1) is 49.9 Å². The fraction of sp³-hybridized carbons (Fsp3) is 0.667. The number of aromatic nitrogens is 1. The number of nitrogens with zero attached hydrogens (tertiary/aromatic N) is 4. The minimum Gasteiger partial charge on any atom is -0.508 e. The van der Waals surface area contributed by atoms with E-state index < -0.39 is 42.3 Å². The third-order valence-electron chi connectivity index (χ3n) is 13.2. The number of ether oxygens (including phenoxy) is 1. The highest BCUT2D eigenvalue weighted by atomic mass is 19.3. The van der Waals surface area contributed by atoms with Crippen molar-refractivity contribution in [3.63, 3.8) is 0 Å². The van der Waals surface area contributed by atoms with Gasteiger partial charge in [0.2, 0.25) is 11.8 Å². The van der Waals surface area contributed by atoms with E-state index in [9.17, 15) is 42.7 Å². The Morgan fingerprint density at radius 2 is 1.32 bits per heavy atom. The molecular weight excluding hydrogens is 1120 g/mol. The van der Waals surface area contributed by atoms with Crippen LogP contribution in [0.15, 0.2) is 54.7 Å². The first kappa shape index (κ1) is 84.9. The van der Waals surface area contributed by atoms with Gasteiger partial charge in [-0.2, -0.15) is 0 Å². The predicted molar refractivity (Wildman–Crippen MR) is 345 cm³/mol. The highest BCUT2D eigenvalue weighted by Gasteiger charge is 2.40. The van der Waals surface area contributed by atoms with Crippen molar-refractivity contribution in [3.05, 3.63) is 65.9 Å². The lowest BCUT2D eigenvalue weighted by molar-refractivity contribution is -0.139. The molecule has 3 amide bonds. The number of aromatic hydroxyl groups is 1. The summed E-state index contributed by atoms with van der Waals surface area (Å²) in [6.45, 7) is 29.2. The molecule has 4 rings (SSSR count). The lowest BCUT2D eigenvalue weighted by atomic mass is 10.0. The molecule has 0 aliphatic carbocycles. The highest BCUT2D eigenvalue weighted by Crippen LogP contribution is 2.27. The van der Waals surface area contributed by atoms with E-state index >= 15 is 0 Å². The van der Waals surface area contributed by atoms with Crippen molar-refractivity contribution in [1.29, 1.82) is 0 Å². The quantitative estimate of drug-likeness (QED) is 0.0213. The number of unbranched alkanes of at least 4 members (excludes halogenated alkanes) is 4. The topological polar surface area (TPSA) is 268 Å². The number of carboxylic acids is 2. The van der Waals surface area contributed by atoms with Crippen LogP contribution in [0.5, 0.6) is 11.5 Å². The lowest BCUT2D eigenvalue weighted by Gasteiger charge is -2.20. The standard InChI is InChI=1S/C33H41F2N5O5.C11H23NO2.C8H17NO2.C6H12O.C5H12.C2H6.CH2O2/c1-2-3-4-14-38-32(44)29(19-23-6-8-24(41)9-7-23)36-15-5-18-45-25-10-11-28-27(20-25)26(12-16-37-28)31(43)39-21-30(42)40-17-13-33(34,35)22-40;1-4-7-12(9-11(13)14)8-6-10(3)5-2;1-3-5-9(6-4-2)7-8(10)11;1-3-5-6(7)4-2;1-3-5-4-2;1-2;2-1-3/h6-12,16,20,29,36,41H,2-5,13-15,17-19,21-22H2,1H3,(H,38,44)(H,39,43);10H,4-9H2,1-3H3,(H,13,14);3-7H2,1-2H3,(H,10,11);3-5H2,1-2H3;3-5H2,1-2H3;1-2H3;1H,(H,2,3). The molecule has 2 atom stereocenters. The number of fused-ring (bicyclic) bond motifs is 1. The van der Waals surface area contributed by atoms with Crippen LogP contribution in [0.1, 0.15) is 202 Å². The summed E-state index contributed by atoms with van der Waals surface area (Å²) < 4.78 is 32.9. The number of alkyl halides is 2. The number of phenols is 1. The number of hydrogen-bond donors (Lipinski definition) is 7. The van der Waals surface area contributed by atoms with Crippen LogP contribution >= 0.6 is 0 Å². The summed E-state index contributed by atoms with van der Waals surface area (Å²) in [5, 5.41) is 43.1. The zero-order valence-electron chi connectivity index (χ0n) is 55.0. The molecule has 0 bridgehead atoms. The van der Waals surface area contributed by atoms with E-state index in [2.05, 4.69) is 76.3 Å². The second-order valence-electron chi connectivity index (χ2n) is 21.0. The number of Topliss-reactive ketones (excluding diaryl/α,β-unsaturated/α-hetero) is 1. The number of aliphatic carboxylic acids is 2. The van der Waals surface area contributed by atoms with Crippen LogP contribution < -0.4 is 20.7 Å². The predicted octanol–water partition coefficient (Wildman–Crippen LogP) is 11.9. The molecule has 1 fully saturated rings. The maximum absolute atomic E-state index is 13.5. The second-order valence-corrected chi connectivity index (χ2v) is 21.0. The number of phenolic OH excluding ortho intramolecular Hbond substituents is 1. The summed E-state index contributed by atoms with van der Waals surface area (Å²) in [4.78, 5) is 87.1. The molecule has 0 saturated carbocycles. The first-order chi connectivity index (χ1) is 41.6. The Hall–Kier alpha value is -6.32. The summed E-state index contributed by atoms with van der Waals surface area (Å²) >= 11 is 0. The van der Waals surface area contributed by atoms with Crippen molar-refractivity contribution in [2.45, 2.75) is 204 Å². The van der Waals surface area contributed by atoms with E-state index in [0.29, 0.717) is 67.3 Å². The van der Waals surface area contributed by atoms with Gasteiger partial charge in [0.1, 0.15) is 17.3 Å². The lowest BCUT2D eigenvalue weighted by Crippen LogP contribution is -2.46. The van der Waals surface area contributed by atoms with Gasteiger partial charge < -0.3 is 46.0 Å². The molecule has 2 aromatic carbocycles. The summed E-state index contributed by atoms with van der Waals surface area (Å²) in [7, 11) is 0. The fourth-order valence-electron chi connectivity index (χ4n) is 8.39. The number of carbonyl (C=O) groups is 7. The molecule has 0 spiro atoms. The van der Waals surface area contributed by atoms with Crippen LogP contribution in [-0.4, -0.2) is 173 Å². The monoisotopic (exact) mass is 1230 g/mol. The maximum Gasteiger partial charge on any atom is 0.317 e. The van der Waals surface area contributed by atoms with Gasteiger partial charge in [-0.3, -0.25) is 48.3 Å². The molecule has 21 heteroatoms. The molecule has 1 saturated heterocycles. The summed E-state index contributed by atoms with van der Waals surface area (Å²) in [5.74, 6) is -3.73. The Morgan fingerprint density at radius 3 is 1.79 bits per heavy atom. The molecular formula is C66H113F2N7O12. The molecule has 1 aliphatic heterocycles. The third-order valence-corrected chi connectivity index (χ3v) is 13.2. The molecule has 2 unspecified atom stereocenters. The Kier molecular flexibility index (Phi) is 53.7. The molecule has 1 aromatic heterocycles. The van der Waals surface area contributed by atoms with Gasteiger partial charge in [-0.1, -0.05) is 134 Å². The van der Waals surface area contributed by atoms with Gasteiger partial charge in [-0.15, -0.1) is 0 Å². The van der Waals surface area contributed by atoms with E-state index in [4.69, 9.17) is 24.9 Å². The summed E-state index contributed by atoms with van der Waals surface area (Å²) in [6, 6.07) is 13.1. The van der Waals surface area contributed by atoms with Crippen molar-refractivity contribution >= 4 is 52.8 Å². The molecule has 19 nitrogen and oxygen atoms in total. The van der Waals surface area contributed by atoms with E-state index in [-0.39, 0.29) is 56.3 Å². The second kappa shape index (κ2) is 55.0. The van der Waals surface area contributed by atoms with Crippen LogP contribution in [0.25, 0.3) is 10.9 Å². The van der Waals surface area contributed by atoms with Gasteiger partial charge in [0.25, 0.3) is 18.3 Å². The zero-order valence-corrected chi connectivity index (χ0v) is 55.0. The van der Waals surface area contributed by atoms with E-state index in [1.165, 1.54) is 37.9 Å². The van der Waals surface area contributed by atoms with Crippen molar-refractivity contribution in [1.82, 2.24) is 35.6 Å². The third kappa shape index (κ3) is 44.7. The van der Waals surface area contributed by atoms with E-state index in [1.807, 2.05) is 37.5 Å². The normalized spacial score (nSPS) is 12.4. The molecule has 498 valence electrons. The largest absolute Gasteiger partial charge is 0.508 e. The highest BCUT2D eigenvalue weighted by molar-refractivity contribution is 6.07. The molecule has 87 heavy (non-hydrogen) atoms. The summed E-state index contributed by atoms with van der Waals surface area (Å²) in [6.07, 6.45) is 17.1. The first-order valence-electron chi connectivity index (χ1n) is 31.8. The Labute approximate surface area is 520 Å². The average molecular weight is 1230 g/mol. The fourth-order valence-corrected chi connectivity index (χ4v) is 8.39. The molecule has 1 aliphatic rings. The molecule has 0 radical (unpaired) electrons.